The number of alkyl halides is 3. The molecule has 4 aromatic rings. The number of nitrogens with one attached hydrogen (secondary N) is 1. The summed E-state index contributed by atoms with van der Waals surface area (Å²) in [6.07, 6.45) is 0.530. The van der Waals surface area contributed by atoms with Gasteiger partial charge in [0.15, 0.2) is 0 Å². The van der Waals surface area contributed by atoms with E-state index < -0.39 is 21.8 Å². The van der Waals surface area contributed by atoms with E-state index in [-0.39, 0.29) is 17.5 Å². The minimum absolute atomic E-state index is 0.0707. The molecule has 0 saturated heterocycles. The molecule has 0 aliphatic heterocycles. The molecule has 1 heterocycles. The van der Waals surface area contributed by atoms with Crippen molar-refractivity contribution in [2.75, 3.05) is 5.32 Å². The number of fused-ring (bicyclic) bond motifs is 1. The first-order chi connectivity index (χ1) is 18.6. The third-order valence-electron chi connectivity index (χ3n) is 7.20. The second-order valence-electron chi connectivity index (χ2n) is 10.3. The second kappa shape index (κ2) is 9.60. The average Bonchev–Trinajstić information content (AvgIpc) is 3.83. The molecular formula is C29H27F3N4O2S. The lowest BCUT2D eigenvalue weighted by molar-refractivity contribution is -0.137. The monoisotopic (exact) mass is 552 g/mol. The maximum Gasteiger partial charge on any atom is 0.416 e. The number of aromatic nitrogens is 2. The van der Waals surface area contributed by atoms with Crippen molar-refractivity contribution in [1.29, 1.82) is 0 Å². The van der Waals surface area contributed by atoms with Gasteiger partial charge in [-0.3, -0.25) is 0 Å². The molecule has 0 unspecified atom stereocenters. The fourth-order valence-corrected chi connectivity index (χ4v) is 6.53. The van der Waals surface area contributed by atoms with Gasteiger partial charge in [-0.2, -0.15) is 17.5 Å². The molecule has 1 N–H and O–H groups in total. The number of nitrogens with zero attached hydrogens (tertiary/aromatic N) is 3. The summed E-state index contributed by atoms with van der Waals surface area (Å²) in [7, 11) is -4.14. The van der Waals surface area contributed by atoms with Crippen LogP contribution in [-0.4, -0.2) is 34.8 Å². The Balaban J connectivity index is 1.33. The molecule has 0 bridgehead atoms. The van der Waals surface area contributed by atoms with Gasteiger partial charge in [0.1, 0.15) is 12.1 Å². The Hall–Kier alpha value is -3.50. The largest absolute Gasteiger partial charge is 0.416 e. The minimum Gasteiger partial charge on any atom is -0.367 e. The first-order valence-electron chi connectivity index (χ1n) is 12.9. The molecular weight excluding hydrogens is 525 g/mol. The molecule has 202 valence electrons. The van der Waals surface area contributed by atoms with Crippen molar-refractivity contribution in [3.8, 4) is 11.1 Å². The fraction of sp³-hybridized carbons (Fsp3) is 0.310. The Labute approximate surface area is 225 Å². The predicted octanol–water partition coefficient (Wildman–Crippen LogP) is 6.55. The molecule has 3 aromatic carbocycles. The molecule has 6 rings (SSSR count). The number of benzene rings is 3. The number of sulfonamides is 1. The number of halogens is 3. The van der Waals surface area contributed by atoms with Crippen LogP contribution in [0.4, 0.5) is 19.0 Å². The van der Waals surface area contributed by atoms with Crippen molar-refractivity contribution in [3.63, 3.8) is 0 Å². The van der Waals surface area contributed by atoms with Crippen LogP contribution in [0.1, 0.15) is 42.4 Å². The van der Waals surface area contributed by atoms with Crippen LogP contribution in [-0.2, 0) is 22.7 Å². The first-order valence-corrected chi connectivity index (χ1v) is 14.3. The molecule has 0 radical (unpaired) electrons. The first kappa shape index (κ1) is 25.8. The summed E-state index contributed by atoms with van der Waals surface area (Å²) in [6.45, 7) is 2.08. The van der Waals surface area contributed by atoms with Crippen LogP contribution < -0.4 is 5.32 Å². The highest BCUT2D eigenvalue weighted by Gasteiger charge is 2.39. The van der Waals surface area contributed by atoms with Gasteiger partial charge in [0.2, 0.25) is 10.0 Å². The standard InChI is InChI=1S/C29H27F3N4O2S/c1-18-12-27-26(28(34-17-33-27)35-22-8-9-22)15-25(18)20-5-2-4-19(13-20)16-36(23-10-11-23)39(37,38)24-7-3-6-21(14-24)29(30,31)32/h2-7,12-15,17,22-23H,8-11,16H2,1H3,(H,33,34,35). The van der Waals surface area contributed by atoms with E-state index in [0.717, 1.165) is 70.0 Å². The molecule has 2 aliphatic rings. The number of rotatable bonds is 8. The van der Waals surface area contributed by atoms with Crippen LogP contribution in [0.5, 0.6) is 0 Å². The Kier molecular flexibility index (Phi) is 6.34. The van der Waals surface area contributed by atoms with Gasteiger partial charge in [-0.25, -0.2) is 18.4 Å². The van der Waals surface area contributed by atoms with Crippen LogP contribution in [0.3, 0.4) is 0 Å². The quantitative estimate of drug-likeness (QED) is 0.268. The van der Waals surface area contributed by atoms with Crippen molar-refractivity contribution < 1.29 is 21.6 Å². The van der Waals surface area contributed by atoms with E-state index in [1.54, 1.807) is 6.33 Å². The normalized spacial score (nSPS) is 16.1. The molecule has 39 heavy (non-hydrogen) atoms. The Morgan fingerprint density at radius 2 is 1.74 bits per heavy atom. The zero-order valence-corrected chi connectivity index (χ0v) is 22.1. The Morgan fingerprint density at radius 1 is 0.974 bits per heavy atom. The lowest BCUT2D eigenvalue weighted by atomic mass is 9.97. The van der Waals surface area contributed by atoms with E-state index in [0.29, 0.717) is 18.9 Å². The molecule has 1 aromatic heterocycles. The summed E-state index contributed by atoms with van der Waals surface area (Å²) in [5, 5.41) is 4.38. The highest BCUT2D eigenvalue weighted by molar-refractivity contribution is 7.89. The summed E-state index contributed by atoms with van der Waals surface area (Å²) in [6, 6.07) is 15.9. The predicted molar refractivity (Wildman–Crippen MR) is 144 cm³/mol. The lowest BCUT2D eigenvalue weighted by Gasteiger charge is -2.23. The van der Waals surface area contributed by atoms with Gasteiger partial charge in [-0.15, -0.1) is 0 Å². The number of anilines is 1. The van der Waals surface area contributed by atoms with E-state index in [9.17, 15) is 21.6 Å². The van der Waals surface area contributed by atoms with Gasteiger partial charge in [0.05, 0.1) is 16.0 Å². The van der Waals surface area contributed by atoms with Crippen molar-refractivity contribution in [1.82, 2.24) is 14.3 Å². The molecule has 0 atom stereocenters. The molecule has 0 amide bonds. The van der Waals surface area contributed by atoms with Gasteiger partial charge < -0.3 is 5.32 Å². The van der Waals surface area contributed by atoms with Crippen LogP contribution >= 0.6 is 0 Å². The molecule has 2 aliphatic carbocycles. The zero-order chi connectivity index (χ0) is 27.4. The zero-order valence-electron chi connectivity index (χ0n) is 21.2. The summed E-state index contributed by atoms with van der Waals surface area (Å²) in [5.74, 6) is 0.798. The Bertz CT molecular complexity index is 1670. The summed E-state index contributed by atoms with van der Waals surface area (Å²) < 4.78 is 68.2. The summed E-state index contributed by atoms with van der Waals surface area (Å²) in [5.41, 5.74) is 3.55. The van der Waals surface area contributed by atoms with Gasteiger partial charge >= 0.3 is 6.18 Å². The molecule has 6 nitrogen and oxygen atoms in total. The van der Waals surface area contributed by atoms with Crippen LogP contribution in [0, 0.1) is 6.92 Å². The molecule has 2 saturated carbocycles. The van der Waals surface area contributed by atoms with E-state index >= 15 is 0 Å². The van der Waals surface area contributed by atoms with Crippen LogP contribution in [0.25, 0.3) is 22.0 Å². The summed E-state index contributed by atoms with van der Waals surface area (Å²) in [4.78, 5) is 8.53. The van der Waals surface area contributed by atoms with Gasteiger partial charge in [0, 0.05) is 24.0 Å². The Morgan fingerprint density at radius 3 is 2.46 bits per heavy atom. The van der Waals surface area contributed by atoms with Crippen molar-refractivity contribution in [2.24, 2.45) is 0 Å². The van der Waals surface area contributed by atoms with Crippen molar-refractivity contribution >= 4 is 26.7 Å². The maximum atomic E-state index is 13.5. The third kappa shape index (κ3) is 5.35. The van der Waals surface area contributed by atoms with E-state index in [2.05, 4.69) is 21.4 Å². The highest BCUT2D eigenvalue weighted by atomic mass is 32.2. The summed E-state index contributed by atoms with van der Waals surface area (Å²) >= 11 is 0. The molecule has 0 spiro atoms. The number of hydrogen-bond donors (Lipinski definition) is 1. The van der Waals surface area contributed by atoms with Crippen LogP contribution in [0.2, 0.25) is 0 Å². The highest BCUT2D eigenvalue weighted by Crippen LogP contribution is 2.37. The molecule has 10 heteroatoms. The van der Waals surface area contributed by atoms with E-state index in [1.165, 1.54) is 10.4 Å². The topological polar surface area (TPSA) is 75.2 Å². The number of aryl methyl sites for hydroxylation is 1. The van der Waals surface area contributed by atoms with Gasteiger partial charge in [-0.05, 0) is 91.3 Å². The van der Waals surface area contributed by atoms with E-state index in [1.807, 2.05) is 37.3 Å². The van der Waals surface area contributed by atoms with Crippen molar-refractivity contribution in [2.45, 2.75) is 62.3 Å². The average molecular weight is 553 g/mol. The van der Waals surface area contributed by atoms with Gasteiger partial charge in [-0.1, -0.05) is 24.3 Å². The van der Waals surface area contributed by atoms with Crippen LogP contribution in [0.15, 0.2) is 71.9 Å². The SMILES string of the molecule is Cc1cc2ncnc(NC3CC3)c2cc1-c1cccc(CN(C2CC2)S(=O)(=O)c2cccc(C(F)(F)F)c2)c1. The fourth-order valence-electron chi connectivity index (χ4n) is 4.81. The number of hydrogen-bond acceptors (Lipinski definition) is 5. The molecule has 2 fully saturated rings. The van der Waals surface area contributed by atoms with Gasteiger partial charge in [0.25, 0.3) is 0 Å². The lowest BCUT2D eigenvalue weighted by Crippen LogP contribution is -2.32. The third-order valence-corrected chi connectivity index (χ3v) is 9.09. The van der Waals surface area contributed by atoms with E-state index in [4.69, 9.17) is 0 Å². The maximum absolute atomic E-state index is 13.5. The smallest absolute Gasteiger partial charge is 0.367 e. The van der Waals surface area contributed by atoms with Crippen molar-refractivity contribution in [3.05, 3.63) is 83.7 Å². The minimum atomic E-state index is -4.62. The second-order valence-corrected chi connectivity index (χ2v) is 12.2.